The number of aryl methyl sites for hydroxylation is 1. The van der Waals surface area contributed by atoms with Crippen LogP contribution in [-0.4, -0.2) is 36.7 Å². The highest BCUT2D eigenvalue weighted by Crippen LogP contribution is 2.25. The lowest BCUT2D eigenvalue weighted by Crippen LogP contribution is -2.35. The van der Waals surface area contributed by atoms with Gasteiger partial charge >= 0.3 is 0 Å². The van der Waals surface area contributed by atoms with Crippen molar-refractivity contribution < 1.29 is 13.2 Å². The molecule has 1 aliphatic heterocycles. The molecule has 0 saturated carbocycles. The van der Waals surface area contributed by atoms with Crippen LogP contribution in [0, 0.1) is 6.92 Å². The number of nitrogens with one attached hydrogen (secondary N) is 2. The molecule has 3 aromatic rings. The average Bonchev–Trinajstić information content (AvgIpc) is 3.18. The maximum absolute atomic E-state index is 13.0. The highest BCUT2D eigenvalue weighted by Gasteiger charge is 2.27. The minimum absolute atomic E-state index is 0.171. The number of hydrogen-bond acceptors (Lipinski definition) is 3. The zero-order valence-corrected chi connectivity index (χ0v) is 16.6. The number of aromatic nitrogens is 1. The Hall–Kier alpha value is -2.64. The summed E-state index contributed by atoms with van der Waals surface area (Å²) in [6, 6.07) is 12.3. The molecule has 1 aromatic heterocycles. The molecule has 0 spiro atoms. The smallest absolute Gasteiger partial charge is 0.255 e. The summed E-state index contributed by atoms with van der Waals surface area (Å²) in [4.78, 5) is 16.2. The lowest BCUT2D eigenvalue weighted by Gasteiger charge is -2.26. The Bertz CT molecular complexity index is 1130. The molecule has 6 nitrogen and oxygen atoms in total. The Morgan fingerprint density at radius 3 is 2.64 bits per heavy atom. The topological polar surface area (TPSA) is 82.3 Å². The number of rotatable bonds is 4. The predicted octanol–water partition coefficient (Wildman–Crippen LogP) is 3.90. The highest BCUT2D eigenvalue weighted by molar-refractivity contribution is 7.89. The number of piperidine rings is 1. The second-order valence-corrected chi connectivity index (χ2v) is 9.08. The van der Waals surface area contributed by atoms with Gasteiger partial charge in [-0.2, -0.15) is 4.31 Å². The van der Waals surface area contributed by atoms with Gasteiger partial charge in [0, 0.05) is 35.8 Å². The van der Waals surface area contributed by atoms with Crippen LogP contribution in [0.5, 0.6) is 0 Å². The predicted molar refractivity (Wildman–Crippen MR) is 110 cm³/mol. The van der Waals surface area contributed by atoms with E-state index in [2.05, 4.69) is 10.3 Å². The summed E-state index contributed by atoms with van der Waals surface area (Å²) in [5.41, 5.74) is 2.71. The number of carbonyl (C=O) groups is 1. The first-order valence-electron chi connectivity index (χ1n) is 9.45. The van der Waals surface area contributed by atoms with Gasteiger partial charge in [0.15, 0.2) is 0 Å². The zero-order chi connectivity index (χ0) is 19.7. The fourth-order valence-electron chi connectivity index (χ4n) is 3.64. The number of anilines is 1. The van der Waals surface area contributed by atoms with Crippen LogP contribution in [0.3, 0.4) is 0 Å². The largest absolute Gasteiger partial charge is 0.361 e. The average molecular weight is 398 g/mol. The number of H-pyrrole nitrogens is 1. The van der Waals surface area contributed by atoms with E-state index in [1.807, 2.05) is 37.4 Å². The van der Waals surface area contributed by atoms with E-state index >= 15 is 0 Å². The van der Waals surface area contributed by atoms with Gasteiger partial charge in [-0.3, -0.25) is 4.79 Å². The van der Waals surface area contributed by atoms with Gasteiger partial charge in [-0.25, -0.2) is 8.42 Å². The van der Waals surface area contributed by atoms with Crippen molar-refractivity contribution in [2.45, 2.75) is 31.1 Å². The molecule has 4 rings (SSSR count). The molecule has 0 bridgehead atoms. The third kappa shape index (κ3) is 3.43. The molecule has 2 aromatic carbocycles. The van der Waals surface area contributed by atoms with Gasteiger partial charge in [0.1, 0.15) is 0 Å². The SMILES string of the molecule is Cc1ccc(S(=O)(=O)N2CCCCC2)cc1C(=O)Nc1cccc2[nH]ccc12. The molecule has 0 unspecified atom stereocenters. The van der Waals surface area contributed by atoms with Crippen molar-refractivity contribution >= 4 is 32.5 Å². The molecule has 28 heavy (non-hydrogen) atoms. The minimum Gasteiger partial charge on any atom is -0.361 e. The minimum atomic E-state index is -3.59. The van der Waals surface area contributed by atoms with Crippen LogP contribution in [0.2, 0.25) is 0 Å². The molecule has 0 radical (unpaired) electrons. The van der Waals surface area contributed by atoms with E-state index in [9.17, 15) is 13.2 Å². The third-order valence-corrected chi connectivity index (χ3v) is 7.14. The lowest BCUT2D eigenvalue weighted by molar-refractivity contribution is 0.102. The Morgan fingerprint density at radius 1 is 1.07 bits per heavy atom. The van der Waals surface area contributed by atoms with E-state index in [0.717, 1.165) is 35.7 Å². The van der Waals surface area contributed by atoms with Crippen molar-refractivity contribution in [3.8, 4) is 0 Å². The molecule has 7 heteroatoms. The molecule has 0 aliphatic carbocycles. The summed E-state index contributed by atoms with van der Waals surface area (Å²) in [6.45, 7) is 2.88. The second-order valence-electron chi connectivity index (χ2n) is 7.14. The Labute approximate surface area is 164 Å². The Kier molecular flexibility index (Phi) is 4.95. The monoisotopic (exact) mass is 397 g/mol. The second kappa shape index (κ2) is 7.41. The number of hydrogen-bond donors (Lipinski definition) is 2. The van der Waals surface area contributed by atoms with E-state index < -0.39 is 10.0 Å². The number of amides is 1. The highest BCUT2D eigenvalue weighted by atomic mass is 32.2. The third-order valence-electron chi connectivity index (χ3n) is 5.25. The quantitative estimate of drug-likeness (QED) is 0.700. The summed E-state index contributed by atoms with van der Waals surface area (Å²) in [5.74, 6) is -0.318. The van der Waals surface area contributed by atoms with Crippen molar-refractivity contribution in [1.29, 1.82) is 0 Å². The number of carbonyl (C=O) groups excluding carboxylic acids is 1. The van der Waals surface area contributed by atoms with Crippen LogP contribution in [0.4, 0.5) is 5.69 Å². The first-order chi connectivity index (χ1) is 13.5. The van der Waals surface area contributed by atoms with Gasteiger partial charge in [0.05, 0.1) is 10.6 Å². The van der Waals surface area contributed by atoms with Crippen molar-refractivity contribution in [3.63, 3.8) is 0 Å². The molecule has 1 fully saturated rings. The maximum atomic E-state index is 13.0. The molecule has 1 amide bonds. The van der Waals surface area contributed by atoms with Crippen LogP contribution >= 0.6 is 0 Å². The molecular formula is C21H23N3O3S. The van der Waals surface area contributed by atoms with Crippen molar-refractivity contribution in [1.82, 2.24) is 9.29 Å². The summed E-state index contributed by atoms with van der Waals surface area (Å²) < 4.78 is 27.4. The normalized spacial score (nSPS) is 15.6. The number of benzene rings is 2. The van der Waals surface area contributed by atoms with Gasteiger partial charge in [-0.05, 0) is 55.7 Å². The van der Waals surface area contributed by atoms with Crippen LogP contribution in [0.1, 0.15) is 35.2 Å². The lowest BCUT2D eigenvalue weighted by atomic mass is 10.1. The number of fused-ring (bicyclic) bond motifs is 1. The molecule has 2 N–H and O–H groups in total. The van der Waals surface area contributed by atoms with Crippen LogP contribution in [0.25, 0.3) is 10.9 Å². The van der Waals surface area contributed by atoms with Gasteiger partial charge in [-0.1, -0.05) is 18.6 Å². The maximum Gasteiger partial charge on any atom is 0.255 e. The number of aromatic amines is 1. The van der Waals surface area contributed by atoms with E-state index in [4.69, 9.17) is 0 Å². The van der Waals surface area contributed by atoms with Crippen molar-refractivity contribution in [3.05, 3.63) is 59.8 Å². The van der Waals surface area contributed by atoms with Gasteiger partial charge in [0.2, 0.25) is 10.0 Å². The summed E-state index contributed by atoms with van der Waals surface area (Å²) in [6.07, 6.45) is 4.62. The van der Waals surface area contributed by atoms with Crippen LogP contribution in [-0.2, 0) is 10.0 Å². The Morgan fingerprint density at radius 2 is 1.86 bits per heavy atom. The number of nitrogens with zero attached hydrogens (tertiary/aromatic N) is 1. The van der Waals surface area contributed by atoms with E-state index in [0.29, 0.717) is 24.3 Å². The molecule has 2 heterocycles. The Balaban J connectivity index is 1.65. The molecule has 146 valence electrons. The summed E-state index contributed by atoms with van der Waals surface area (Å²) in [5, 5.41) is 3.83. The summed E-state index contributed by atoms with van der Waals surface area (Å²) in [7, 11) is -3.59. The first-order valence-corrected chi connectivity index (χ1v) is 10.9. The van der Waals surface area contributed by atoms with E-state index in [1.54, 1.807) is 12.1 Å². The van der Waals surface area contributed by atoms with Crippen molar-refractivity contribution in [2.75, 3.05) is 18.4 Å². The summed E-state index contributed by atoms with van der Waals surface area (Å²) >= 11 is 0. The van der Waals surface area contributed by atoms with Gasteiger partial charge in [-0.15, -0.1) is 0 Å². The van der Waals surface area contributed by atoms with Gasteiger partial charge in [0.25, 0.3) is 5.91 Å². The van der Waals surface area contributed by atoms with Crippen molar-refractivity contribution in [2.24, 2.45) is 0 Å². The zero-order valence-electron chi connectivity index (χ0n) is 15.7. The molecular weight excluding hydrogens is 374 g/mol. The fraction of sp³-hybridized carbons (Fsp3) is 0.286. The van der Waals surface area contributed by atoms with E-state index in [1.165, 1.54) is 10.4 Å². The van der Waals surface area contributed by atoms with Crippen LogP contribution < -0.4 is 5.32 Å². The van der Waals surface area contributed by atoms with E-state index in [-0.39, 0.29) is 10.8 Å². The standard InChI is InChI=1S/C21H23N3O3S/c1-15-8-9-16(28(26,27)24-12-3-2-4-13-24)14-18(15)21(25)23-20-7-5-6-19-17(20)10-11-22-19/h5-11,14,22H,2-4,12-13H2,1H3,(H,23,25). The first kappa shape index (κ1) is 18.7. The number of sulfonamides is 1. The molecule has 0 atom stereocenters. The van der Waals surface area contributed by atoms with Crippen LogP contribution in [0.15, 0.2) is 53.6 Å². The van der Waals surface area contributed by atoms with Gasteiger partial charge < -0.3 is 10.3 Å². The molecule has 1 aliphatic rings. The molecule has 1 saturated heterocycles. The fourth-order valence-corrected chi connectivity index (χ4v) is 5.19.